The van der Waals surface area contributed by atoms with E-state index in [1.165, 1.54) is 24.4 Å². The fraction of sp³-hybridized carbons (Fsp3) is 0.375. The van der Waals surface area contributed by atoms with E-state index >= 15 is 0 Å². The number of nitrogens with zero attached hydrogens (tertiary/aromatic N) is 2. The molecule has 1 aliphatic heterocycles. The molecule has 0 bridgehead atoms. The van der Waals surface area contributed by atoms with Crippen molar-refractivity contribution in [2.75, 3.05) is 26.7 Å². The lowest BCUT2D eigenvalue weighted by Crippen LogP contribution is -2.44. The van der Waals surface area contributed by atoms with Crippen molar-refractivity contribution < 1.29 is 13.5 Å². The second-order valence-electron chi connectivity index (χ2n) is 8.38. The number of rotatable bonds is 5. The molecule has 0 spiro atoms. The van der Waals surface area contributed by atoms with Crippen LogP contribution in [0.3, 0.4) is 0 Å². The van der Waals surface area contributed by atoms with Crippen molar-refractivity contribution in [1.82, 2.24) is 9.88 Å². The van der Waals surface area contributed by atoms with Gasteiger partial charge in [-0.05, 0) is 63.7 Å². The maximum atomic E-state index is 13.6. The Morgan fingerprint density at radius 1 is 1.10 bits per heavy atom. The summed E-state index contributed by atoms with van der Waals surface area (Å²) in [7, 11) is 8.16. The van der Waals surface area contributed by atoms with Crippen molar-refractivity contribution in [3.8, 4) is 0 Å². The first kappa shape index (κ1) is 20.9. The summed E-state index contributed by atoms with van der Waals surface area (Å²) in [6.07, 6.45) is 2.81. The van der Waals surface area contributed by atoms with Crippen LogP contribution in [0.2, 0.25) is 0 Å². The molecule has 30 heavy (non-hydrogen) atoms. The zero-order chi connectivity index (χ0) is 21.3. The number of halogens is 2. The SMILES string of the molecule is [B]c1cc(C(C)OCC2(c3ccc(F)cc3)CCN(C)CC2)c2ncc(F)cc2c1. The van der Waals surface area contributed by atoms with Crippen LogP contribution in [-0.2, 0) is 10.2 Å². The fourth-order valence-corrected chi connectivity index (χ4v) is 4.33. The molecule has 0 saturated carbocycles. The van der Waals surface area contributed by atoms with Gasteiger partial charge in [0.1, 0.15) is 19.5 Å². The Balaban J connectivity index is 1.61. The lowest BCUT2D eigenvalue weighted by molar-refractivity contribution is 0.00699. The average molecular weight is 406 g/mol. The molecule has 154 valence electrons. The molecule has 0 amide bonds. The van der Waals surface area contributed by atoms with Crippen molar-refractivity contribution in [3.63, 3.8) is 0 Å². The average Bonchev–Trinajstić information content (AvgIpc) is 2.73. The molecule has 3 nitrogen and oxygen atoms in total. The number of aromatic nitrogens is 1. The summed E-state index contributed by atoms with van der Waals surface area (Å²) in [6.45, 7) is 4.38. The van der Waals surface area contributed by atoms with Crippen LogP contribution in [0.25, 0.3) is 10.9 Å². The van der Waals surface area contributed by atoms with E-state index in [4.69, 9.17) is 12.6 Å². The van der Waals surface area contributed by atoms with Crippen LogP contribution in [0.1, 0.15) is 37.0 Å². The number of fused-ring (bicyclic) bond motifs is 1. The molecule has 3 aromatic rings. The minimum absolute atomic E-state index is 0.176. The van der Waals surface area contributed by atoms with Gasteiger partial charge in [-0.25, -0.2) is 8.78 Å². The molecule has 1 aliphatic rings. The van der Waals surface area contributed by atoms with Crippen molar-refractivity contribution in [2.45, 2.75) is 31.3 Å². The first-order chi connectivity index (χ1) is 14.4. The highest BCUT2D eigenvalue weighted by atomic mass is 19.1. The second kappa shape index (κ2) is 8.44. The van der Waals surface area contributed by atoms with Crippen LogP contribution in [0.4, 0.5) is 8.78 Å². The minimum Gasteiger partial charge on any atom is -0.373 e. The van der Waals surface area contributed by atoms with E-state index in [2.05, 4.69) is 16.9 Å². The summed E-state index contributed by atoms with van der Waals surface area (Å²) < 4.78 is 33.5. The van der Waals surface area contributed by atoms with Crippen LogP contribution >= 0.6 is 0 Å². The van der Waals surface area contributed by atoms with Gasteiger partial charge in [-0.1, -0.05) is 29.7 Å². The summed E-state index contributed by atoms with van der Waals surface area (Å²) in [6, 6.07) is 11.8. The molecular formula is C24H25BF2N2O. The first-order valence-corrected chi connectivity index (χ1v) is 10.3. The molecule has 2 heterocycles. The largest absolute Gasteiger partial charge is 0.373 e. The number of benzene rings is 2. The Bertz CT molecular complexity index is 1030. The molecule has 6 heteroatoms. The molecule has 4 rings (SSSR count). The molecular weight excluding hydrogens is 381 g/mol. The number of ether oxygens (including phenoxy) is 1. The Hall–Kier alpha value is -2.31. The van der Waals surface area contributed by atoms with Crippen molar-refractivity contribution >= 4 is 24.2 Å². The zero-order valence-corrected chi connectivity index (χ0v) is 17.4. The zero-order valence-electron chi connectivity index (χ0n) is 17.4. The molecule has 1 atom stereocenters. The summed E-state index contributed by atoms with van der Waals surface area (Å²) in [5, 5.41) is 0.660. The van der Waals surface area contributed by atoms with Gasteiger partial charge in [0, 0.05) is 16.4 Å². The van der Waals surface area contributed by atoms with E-state index < -0.39 is 5.82 Å². The molecule has 2 radical (unpaired) electrons. The van der Waals surface area contributed by atoms with Crippen LogP contribution in [-0.4, -0.2) is 44.5 Å². The quantitative estimate of drug-likeness (QED) is 0.598. The first-order valence-electron chi connectivity index (χ1n) is 10.3. The normalized spacial score (nSPS) is 17.9. The van der Waals surface area contributed by atoms with Crippen LogP contribution in [0.5, 0.6) is 0 Å². The van der Waals surface area contributed by atoms with E-state index in [1.807, 2.05) is 25.1 Å². The molecule has 1 fully saturated rings. The third-order valence-corrected chi connectivity index (χ3v) is 6.25. The predicted octanol–water partition coefficient (Wildman–Crippen LogP) is 4.05. The topological polar surface area (TPSA) is 25.4 Å². The van der Waals surface area contributed by atoms with Gasteiger partial charge >= 0.3 is 0 Å². The van der Waals surface area contributed by atoms with Crippen molar-refractivity contribution in [1.29, 1.82) is 0 Å². The third-order valence-electron chi connectivity index (χ3n) is 6.25. The van der Waals surface area contributed by atoms with Crippen LogP contribution < -0.4 is 5.46 Å². The fourth-order valence-electron chi connectivity index (χ4n) is 4.33. The Morgan fingerprint density at radius 2 is 1.80 bits per heavy atom. The lowest BCUT2D eigenvalue weighted by Gasteiger charge is -2.41. The van der Waals surface area contributed by atoms with E-state index in [0.717, 1.165) is 37.1 Å². The van der Waals surface area contributed by atoms with Gasteiger partial charge in [0.25, 0.3) is 0 Å². The lowest BCUT2D eigenvalue weighted by atomic mass is 9.73. The summed E-state index contributed by atoms with van der Waals surface area (Å²) >= 11 is 0. The Labute approximate surface area is 177 Å². The number of piperidine rings is 1. The molecule has 1 saturated heterocycles. The number of hydrogen-bond donors (Lipinski definition) is 0. The van der Waals surface area contributed by atoms with Gasteiger partial charge < -0.3 is 9.64 Å². The monoisotopic (exact) mass is 406 g/mol. The van der Waals surface area contributed by atoms with Crippen molar-refractivity contribution in [3.05, 3.63) is 71.4 Å². The highest BCUT2D eigenvalue weighted by molar-refractivity contribution is 6.33. The maximum absolute atomic E-state index is 13.6. The summed E-state index contributed by atoms with van der Waals surface area (Å²) in [5.74, 6) is -0.630. The highest BCUT2D eigenvalue weighted by Gasteiger charge is 2.36. The standard InChI is InChI=1S/C24H25BF2N2O/c1-16(22-13-19(25)11-17-12-21(27)14-28-23(17)22)30-15-24(7-9-29(2)10-8-24)18-3-5-20(26)6-4-18/h3-6,11-14,16H,7-10,15H2,1-2H3. The predicted molar refractivity (Wildman–Crippen MR) is 116 cm³/mol. The number of pyridine rings is 1. The Morgan fingerprint density at radius 3 is 2.50 bits per heavy atom. The number of likely N-dealkylation sites (tertiary alicyclic amines) is 1. The van der Waals surface area contributed by atoms with Gasteiger partial charge in [0.05, 0.1) is 24.4 Å². The summed E-state index contributed by atoms with van der Waals surface area (Å²) in [5.41, 5.74) is 3.00. The highest BCUT2D eigenvalue weighted by Crippen LogP contribution is 2.37. The van der Waals surface area contributed by atoms with Gasteiger partial charge in [0.2, 0.25) is 0 Å². The Kier molecular flexibility index (Phi) is 5.89. The van der Waals surface area contributed by atoms with Crippen LogP contribution in [0, 0.1) is 11.6 Å². The van der Waals surface area contributed by atoms with E-state index in [1.54, 1.807) is 6.07 Å². The molecule has 2 aromatic carbocycles. The molecule has 0 N–H and O–H groups in total. The number of hydrogen-bond acceptors (Lipinski definition) is 3. The van der Waals surface area contributed by atoms with Gasteiger partial charge in [0.15, 0.2) is 0 Å². The van der Waals surface area contributed by atoms with E-state index in [-0.39, 0.29) is 17.3 Å². The summed E-state index contributed by atoms with van der Waals surface area (Å²) in [4.78, 5) is 6.57. The molecule has 0 aliphatic carbocycles. The maximum Gasteiger partial charge on any atom is 0.142 e. The molecule has 1 unspecified atom stereocenters. The van der Waals surface area contributed by atoms with E-state index in [0.29, 0.717) is 23.0 Å². The van der Waals surface area contributed by atoms with E-state index in [9.17, 15) is 8.78 Å². The second-order valence-corrected chi connectivity index (χ2v) is 8.38. The third kappa shape index (κ3) is 4.25. The molecule has 1 aromatic heterocycles. The van der Waals surface area contributed by atoms with Gasteiger partial charge in [-0.2, -0.15) is 0 Å². The van der Waals surface area contributed by atoms with Gasteiger partial charge in [-0.15, -0.1) is 0 Å². The smallest absolute Gasteiger partial charge is 0.142 e. The minimum atomic E-state index is -0.394. The van der Waals surface area contributed by atoms with Crippen molar-refractivity contribution in [2.24, 2.45) is 0 Å². The van der Waals surface area contributed by atoms with Crippen LogP contribution in [0.15, 0.2) is 48.7 Å². The van der Waals surface area contributed by atoms with Gasteiger partial charge in [-0.3, -0.25) is 4.98 Å².